The molecule has 0 aromatic heterocycles. The molecule has 0 heterocycles. The van der Waals surface area contributed by atoms with Crippen LogP contribution in [-0.2, 0) is 6.54 Å². The summed E-state index contributed by atoms with van der Waals surface area (Å²) in [6, 6.07) is 5.47. The highest BCUT2D eigenvalue weighted by atomic mass is 16.5. The first kappa shape index (κ1) is 16.1. The van der Waals surface area contributed by atoms with Crippen LogP contribution in [0.2, 0.25) is 0 Å². The van der Waals surface area contributed by atoms with Gasteiger partial charge in [-0.1, -0.05) is 13.8 Å². The quantitative estimate of drug-likeness (QED) is 0.842. The van der Waals surface area contributed by atoms with E-state index in [1.54, 1.807) is 20.3 Å². The van der Waals surface area contributed by atoms with Gasteiger partial charge in [-0.15, -0.1) is 0 Å². The number of ether oxygens (including phenoxy) is 2. The normalized spacial score (nSPS) is 11.9. The smallest absolute Gasteiger partial charge is 0.315 e. The van der Waals surface area contributed by atoms with Crippen molar-refractivity contribution in [3.8, 4) is 11.5 Å². The Morgan fingerprint density at radius 2 is 1.90 bits per heavy atom. The van der Waals surface area contributed by atoms with Crippen LogP contribution in [0, 0.1) is 5.92 Å². The van der Waals surface area contributed by atoms with E-state index in [9.17, 15) is 4.79 Å². The Morgan fingerprint density at radius 1 is 1.20 bits per heavy atom. The van der Waals surface area contributed by atoms with Crippen LogP contribution < -0.4 is 20.1 Å². The van der Waals surface area contributed by atoms with Crippen molar-refractivity contribution in [2.24, 2.45) is 5.92 Å². The molecule has 0 saturated carbocycles. The zero-order chi connectivity index (χ0) is 15.1. The molecule has 0 radical (unpaired) electrons. The average Bonchev–Trinajstić information content (AvgIpc) is 2.44. The molecule has 2 N–H and O–H groups in total. The van der Waals surface area contributed by atoms with Crippen molar-refractivity contribution in [1.82, 2.24) is 10.6 Å². The van der Waals surface area contributed by atoms with Crippen LogP contribution in [0.1, 0.15) is 26.3 Å². The molecule has 0 aliphatic rings. The minimum Gasteiger partial charge on any atom is -0.497 e. The van der Waals surface area contributed by atoms with Crippen LogP contribution in [0.4, 0.5) is 4.79 Å². The zero-order valence-corrected chi connectivity index (χ0v) is 12.8. The number of urea groups is 1. The van der Waals surface area contributed by atoms with Gasteiger partial charge in [-0.2, -0.15) is 0 Å². The molecule has 1 aromatic carbocycles. The van der Waals surface area contributed by atoms with Gasteiger partial charge in [0.05, 0.1) is 14.2 Å². The third kappa shape index (κ3) is 4.64. The molecule has 1 rings (SSSR count). The molecular weight excluding hydrogens is 256 g/mol. The number of amides is 2. The van der Waals surface area contributed by atoms with Gasteiger partial charge in [-0.05, 0) is 25.0 Å². The Kier molecular flexibility index (Phi) is 6.15. The lowest BCUT2D eigenvalue weighted by Gasteiger charge is -2.18. The number of benzene rings is 1. The lowest BCUT2D eigenvalue weighted by Crippen LogP contribution is -2.42. The van der Waals surface area contributed by atoms with E-state index >= 15 is 0 Å². The second-order valence-electron chi connectivity index (χ2n) is 5.04. The number of rotatable bonds is 6. The molecular formula is C15H24N2O3. The highest BCUT2D eigenvalue weighted by Gasteiger charge is 2.11. The van der Waals surface area contributed by atoms with E-state index in [2.05, 4.69) is 24.5 Å². The van der Waals surface area contributed by atoms with Crippen molar-refractivity contribution in [2.45, 2.75) is 33.4 Å². The van der Waals surface area contributed by atoms with Gasteiger partial charge in [0.15, 0.2) is 0 Å². The highest BCUT2D eigenvalue weighted by Crippen LogP contribution is 2.24. The van der Waals surface area contributed by atoms with Gasteiger partial charge in [0.2, 0.25) is 0 Å². The van der Waals surface area contributed by atoms with E-state index in [-0.39, 0.29) is 12.1 Å². The average molecular weight is 280 g/mol. The van der Waals surface area contributed by atoms with Gasteiger partial charge in [0, 0.05) is 24.2 Å². The third-order valence-corrected chi connectivity index (χ3v) is 3.29. The summed E-state index contributed by atoms with van der Waals surface area (Å²) in [4.78, 5) is 11.8. The predicted octanol–water partition coefficient (Wildman–Crippen LogP) is 2.55. The van der Waals surface area contributed by atoms with E-state index in [0.717, 1.165) is 11.3 Å². The number of hydrogen-bond donors (Lipinski definition) is 2. The predicted molar refractivity (Wildman–Crippen MR) is 79.2 cm³/mol. The monoisotopic (exact) mass is 280 g/mol. The maximum atomic E-state index is 11.8. The second kappa shape index (κ2) is 7.62. The minimum atomic E-state index is -0.177. The third-order valence-electron chi connectivity index (χ3n) is 3.29. The highest BCUT2D eigenvalue weighted by molar-refractivity contribution is 5.74. The van der Waals surface area contributed by atoms with E-state index < -0.39 is 0 Å². The van der Waals surface area contributed by atoms with Crippen molar-refractivity contribution in [3.05, 3.63) is 23.8 Å². The maximum absolute atomic E-state index is 11.8. The first-order valence-electron chi connectivity index (χ1n) is 6.73. The van der Waals surface area contributed by atoms with Gasteiger partial charge >= 0.3 is 6.03 Å². The molecule has 2 amide bonds. The van der Waals surface area contributed by atoms with E-state index in [1.807, 2.05) is 19.1 Å². The number of hydrogen-bond acceptors (Lipinski definition) is 3. The first-order valence-corrected chi connectivity index (χ1v) is 6.73. The minimum absolute atomic E-state index is 0.132. The summed E-state index contributed by atoms with van der Waals surface area (Å²) in [5, 5.41) is 5.72. The molecule has 20 heavy (non-hydrogen) atoms. The van der Waals surface area contributed by atoms with Crippen LogP contribution in [0.25, 0.3) is 0 Å². The molecule has 0 spiro atoms. The summed E-state index contributed by atoms with van der Waals surface area (Å²) < 4.78 is 10.4. The number of methoxy groups -OCH3 is 2. The lowest BCUT2D eigenvalue weighted by molar-refractivity contribution is 0.234. The Labute approximate surface area is 120 Å². The van der Waals surface area contributed by atoms with Crippen molar-refractivity contribution in [2.75, 3.05) is 14.2 Å². The maximum Gasteiger partial charge on any atom is 0.315 e. The summed E-state index contributed by atoms with van der Waals surface area (Å²) in [6.07, 6.45) is 0. The van der Waals surface area contributed by atoms with Crippen LogP contribution in [-0.4, -0.2) is 26.3 Å². The molecule has 0 aliphatic carbocycles. The summed E-state index contributed by atoms with van der Waals surface area (Å²) in [7, 11) is 3.20. The second-order valence-corrected chi connectivity index (χ2v) is 5.04. The molecule has 5 heteroatoms. The summed E-state index contributed by atoms with van der Waals surface area (Å²) >= 11 is 0. The van der Waals surface area contributed by atoms with E-state index in [1.165, 1.54) is 0 Å². The summed E-state index contributed by atoms with van der Waals surface area (Å²) in [5.74, 6) is 1.82. The number of carbonyl (C=O) groups is 1. The van der Waals surface area contributed by atoms with E-state index in [4.69, 9.17) is 9.47 Å². The van der Waals surface area contributed by atoms with Crippen LogP contribution >= 0.6 is 0 Å². The zero-order valence-electron chi connectivity index (χ0n) is 12.8. The summed E-state index contributed by atoms with van der Waals surface area (Å²) in [5.41, 5.74) is 0.903. The SMILES string of the molecule is COc1ccc(CNC(=O)NC(C)C(C)C)c(OC)c1. The lowest BCUT2D eigenvalue weighted by atomic mass is 10.1. The molecule has 112 valence electrons. The number of carbonyl (C=O) groups excluding carboxylic acids is 1. The van der Waals surface area contributed by atoms with Crippen molar-refractivity contribution in [1.29, 1.82) is 0 Å². The van der Waals surface area contributed by atoms with Gasteiger partial charge in [0.1, 0.15) is 11.5 Å². The van der Waals surface area contributed by atoms with Crippen LogP contribution in [0.15, 0.2) is 18.2 Å². The Morgan fingerprint density at radius 3 is 2.45 bits per heavy atom. The Balaban J connectivity index is 2.59. The molecule has 0 aliphatic heterocycles. The fourth-order valence-corrected chi connectivity index (χ4v) is 1.60. The van der Waals surface area contributed by atoms with E-state index in [0.29, 0.717) is 18.2 Å². The molecule has 1 unspecified atom stereocenters. The van der Waals surface area contributed by atoms with Crippen LogP contribution in [0.5, 0.6) is 11.5 Å². The molecule has 1 aromatic rings. The van der Waals surface area contributed by atoms with Gasteiger partial charge in [-0.3, -0.25) is 0 Å². The first-order chi connectivity index (χ1) is 9.47. The Bertz CT molecular complexity index is 447. The van der Waals surface area contributed by atoms with Crippen molar-refractivity contribution < 1.29 is 14.3 Å². The molecule has 1 atom stereocenters. The molecule has 0 bridgehead atoms. The van der Waals surface area contributed by atoms with Gasteiger partial charge in [0.25, 0.3) is 0 Å². The Hall–Kier alpha value is -1.91. The van der Waals surface area contributed by atoms with Crippen molar-refractivity contribution >= 4 is 6.03 Å². The standard InChI is InChI=1S/C15H24N2O3/c1-10(2)11(3)17-15(18)16-9-12-6-7-13(19-4)8-14(12)20-5/h6-8,10-11H,9H2,1-5H3,(H2,16,17,18). The van der Waals surface area contributed by atoms with Crippen molar-refractivity contribution in [3.63, 3.8) is 0 Å². The molecule has 0 fully saturated rings. The fraction of sp³-hybridized carbons (Fsp3) is 0.533. The topological polar surface area (TPSA) is 59.6 Å². The van der Waals surface area contributed by atoms with Gasteiger partial charge in [-0.25, -0.2) is 4.79 Å². The molecule has 0 saturated heterocycles. The molecule has 5 nitrogen and oxygen atoms in total. The number of nitrogens with one attached hydrogen (secondary N) is 2. The van der Waals surface area contributed by atoms with Gasteiger partial charge < -0.3 is 20.1 Å². The summed E-state index contributed by atoms with van der Waals surface area (Å²) in [6.45, 7) is 6.52. The van der Waals surface area contributed by atoms with Crippen LogP contribution in [0.3, 0.4) is 0 Å². The fourth-order valence-electron chi connectivity index (χ4n) is 1.60. The largest absolute Gasteiger partial charge is 0.497 e.